The molecule has 2 aliphatic rings. The van der Waals surface area contributed by atoms with Crippen LogP contribution in [0.4, 0.5) is 34.1 Å². The summed E-state index contributed by atoms with van der Waals surface area (Å²) in [7, 11) is 6.62. The molecule has 0 atom stereocenters. The van der Waals surface area contributed by atoms with Gasteiger partial charge in [0.25, 0.3) is 0 Å². The maximum Gasteiger partial charge on any atom is 0.119 e. The number of ether oxygens (including phenoxy) is 8. The van der Waals surface area contributed by atoms with E-state index in [9.17, 15) is 10.5 Å². The van der Waals surface area contributed by atoms with Gasteiger partial charge in [-0.25, -0.2) is 0 Å². The standard InChI is InChI=1S/C63H56N4O8/c1-68-29-33-72-51-17-7-45(8-18-51)66(46-9-19-52(20-10-46)73-34-30-69-2)49-15-27-57-58-28-16-50(67(47-11-21-53(22-12-47)74-35-31-70-3)48-13-23-54(24-14-48)75-36-32-71-4)40-62(58)63(61(57)39-49)59-37-43(41-64)5-25-55(59)56-26-6-44(42-65)38-60(56)63/h5-28,37-40H,29-36H2,1-4H3. The molecule has 0 amide bonds. The second-order valence-corrected chi connectivity index (χ2v) is 18.0. The van der Waals surface area contributed by atoms with Gasteiger partial charge < -0.3 is 47.7 Å². The fourth-order valence-electron chi connectivity index (χ4n) is 10.3. The highest BCUT2D eigenvalue weighted by molar-refractivity contribution is 5.98. The molecule has 8 aromatic carbocycles. The molecule has 0 radical (unpaired) electrons. The Balaban J connectivity index is 1.18. The van der Waals surface area contributed by atoms with E-state index in [-0.39, 0.29) is 0 Å². The zero-order valence-electron chi connectivity index (χ0n) is 42.4. The molecular weight excluding hydrogens is 941 g/mol. The van der Waals surface area contributed by atoms with Crippen molar-refractivity contribution in [2.75, 3.05) is 91.1 Å². The van der Waals surface area contributed by atoms with Crippen molar-refractivity contribution in [2.45, 2.75) is 5.41 Å². The van der Waals surface area contributed by atoms with E-state index in [2.05, 4.69) is 119 Å². The smallest absolute Gasteiger partial charge is 0.119 e. The average Bonchev–Trinajstić information content (AvgIpc) is 3.99. The number of benzene rings is 8. The number of nitrogens with zero attached hydrogens (tertiary/aromatic N) is 4. The third-order valence-corrected chi connectivity index (χ3v) is 13.6. The molecule has 0 unspecified atom stereocenters. The molecule has 12 heteroatoms. The molecular formula is C63H56N4O8. The van der Waals surface area contributed by atoms with Crippen LogP contribution in [-0.4, -0.2) is 81.3 Å². The fraction of sp³-hybridized carbons (Fsp3) is 0.206. The van der Waals surface area contributed by atoms with Crippen molar-refractivity contribution in [3.05, 3.63) is 203 Å². The van der Waals surface area contributed by atoms with Crippen molar-refractivity contribution < 1.29 is 37.9 Å². The molecule has 0 fully saturated rings. The number of rotatable bonds is 22. The number of hydrogen-bond donors (Lipinski definition) is 0. The third kappa shape index (κ3) is 9.84. The average molecular weight is 997 g/mol. The van der Waals surface area contributed by atoms with Crippen LogP contribution in [0, 0.1) is 22.7 Å². The summed E-state index contributed by atoms with van der Waals surface area (Å²) in [5.41, 5.74) is 13.5. The van der Waals surface area contributed by atoms with E-state index in [1.165, 1.54) is 0 Å². The lowest BCUT2D eigenvalue weighted by molar-refractivity contribution is 0.146. The van der Waals surface area contributed by atoms with Crippen molar-refractivity contribution in [2.24, 2.45) is 0 Å². The molecule has 8 aromatic rings. The summed E-state index contributed by atoms with van der Waals surface area (Å²) in [5, 5.41) is 21.2. The van der Waals surface area contributed by atoms with E-state index in [1.807, 2.05) is 72.8 Å². The van der Waals surface area contributed by atoms with Crippen LogP contribution >= 0.6 is 0 Å². The highest BCUT2D eigenvalue weighted by Gasteiger charge is 2.52. The summed E-state index contributed by atoms with van der Waals surface area (Å²) in [4.78, 5) is 4.45. The van der Waals surface area contributed by atoms with Crippen LogP contribution in [-0.2, 0) is 24.4 Å². The minimum atomic E-state index is -0.978. The predicted molar refractivity (Wildman–Crippen MR) is 291 cm³/mol. The Bertz CT molecular complexity index is 3030. The first-order valence-electron chi connectivity index (χ1n) is 24.8. The maximum absolute atomic E-state index is 10.6. The van der Waals surface area contributed by atoms with Crippen LogP contribution in [0.25, 0.3) is 22.3 Å². The van der Waals surface area contributed by atoms with Crippen LogP contribution in [0.2, 0.25) is 0 Å². The topological polar surface area (TPSA) is 128 Å². The van der Waals surface area contributed by atoms with E-state index in [0.29, 0.717) is 64.0 Å². The molecule has 0 bridgehead atoms. The predicted octanol–water partition coefficient (Wildman–Crippen LogP) is 12.8. The molecule has 75 heavy (non-hydrogen) atoms. The second kappa shape index (κ2) is 22.7. The molecule has 10 rings (SSSR count). The minimum absolute atomic E-state index is 0.425. The monoisotopic (exact) mass is 996 g/mol. The molecule has 1 spiro atoms. The maximum atomic E-state index is 10.6. The molecule has 376 valence electrons. The summed E-state index contributed by atoms with van der Waals surface area (Å²) in [6.45, 7) is 3.59. The zero-order valence-corrected chi connectivity index (χ0v) is 42.4. The van der Waals surface area contributed by atoms with Crippen LogP contribution in [0.5, 0.6) is 23.0 Å². The molecule has 0 saturated carbocycles. The van der Waals surface area contributed by atoms with Crippen molar-refractivity contribution >= 4 is 34.1 Å². The van der Waals surface area contributed by atoms with Gasteiger partial charge in [0.1, 0.15) is 49.4 Å². The Hall–Kier alpha value is -8.62. The molecule has 0 heterocycles. The number of methoxy groups -OCH3 is 4. The quantitative estimate of drug-likeness (QED) is 0.0600. The van der Waals surface area contributed by atoms with E-state index < -0.39 is 5.41 Å². The first-order valence-corrected chi connectivity index (χ1v) is 24.8. The summed E-state index contributed by atoms with van der Waals surface area (Å²) >= 11 is 0. The first kappa shape index (κ1) is 49.9. The highest BCUT2D eigenvalue weighted by atomic mass is 16.5. The summed E-state index contributed by atoms with van der Waals surface area (Å²) in [5.74, 6) is 2.90. The number of hydrogen-bond acceptors (Lipinski definition) is 12. The number of nitriles is 2. The molecule has 0 N–H and O–H groups in total. The van der Waals surface area contributed by atoms with Gasteiger partial charge in [-0.05, 0) is 190 Å². The van der Waals surface area contributed by atoms with Crippen molar-refractivity contribution in [3.63, 3.8) is 0 Å². The van der Waals surface area contributed by atoms with Gasteiger partial charge >= 0.3 is 0 Å². The van der Waals surface area contributed by atoms with E-state index in [0.717, 1.165) is 102 Å². The Kier molecular flexibility index (Phi) is 15.1. The van der Waals surface area contributed by atoms with Crippen LogP contribution in [0.1, 0.15) is 33.4 Å². The summed E-state index contributed by atoms with van der Waals surface area (Å²) < 4.78 is 45.0. The van der Waals surface area contributed by atoms with Crippen molar-refractivity contribution in [1.29, 1.82) is 10.5 Å². The Morgan fingerprint density at radius 1 is 0.320 bits per heavy atom. The first-order chi connectivity index (χ1) is 36.9. The van der Waals surface area contributed by atoms with E-state index in [1.54, 1.807) is 28.4 Å². The minimum Gasteiger partial charge on any atom is -0.491 e. The van der Waals surface area contributed by atoms with Crippen molar-refractivity contribution in [1.82, 2.24) is 0 Å². The lowest BCUT2D eigenvalue weighted by atomic mass is 9.70. The second-order valence-electron chi connectivity index (χ2n) is 18.0. The highest BCUT2D eigenvalue weighted by Crippen LogP contribution is 2.64. The molecule has 0 saturated heterocycles. The van der Waals surface area contributed by atoms with Gasteiger partial charge in [-0.1, -0.05) is 24.3 Å². The third-order valence-electron chi connectivity index (χ3n) is 13.6. The van der Waals surface area contributed by atoms with Crippen LogP contribution < -0.4 is 28.7 Å². The molecule has 0 aromatic heterocycles. The van der Waals surface area contributed by atoms with Gasteiger partial charge in [-0.2, -0.15) is 10.5 Å². The Labute approximate surface area is 438 Å². The summed E-state index contributed by atoms with van der Waals surface area (Å²) in [6, 6.07) is 62.3. The van der Waals surface area contributed by atoms with Crippen LogP contribution in [0.3, 0.4) is 0 Å². The van der Waals surface area contributed by atoms with Crippen LogP contribution in [0.15, 0.2) is 170 Å². The van der Waals surface area contributed by atoms with E-state index >= 15 is 0 Å². The Morgan fingerprint density at radius 3 is 0.840 bits per heavy atom. The fourth-order valence-corrected chi connectivity index (χ4v) is 10.3. The largest absolute Gasteiger partial charge is 0.491 e. The zero-order chi connectivity index (χ0) is 51.7. The van der Waals surface area contributed by atoms with Gasteiger partial charge in [0.05, 0.1) is 55.1 Å². The SMILES string of the molecule is COCCOc1ccc(N(c2ccc(OCCOC)cc2)c2ccc3c(c2)C2(c4cc(C#N)ccc4-c4ccc(C#N)cc42)c2cc(N(c4ccc(OCCOC)cc4)c4ccc(OCCOC)cc4)ccc2-3)cc1. The molecule has 12 nitrogen and oxygen atoms in total. The van der Waals surface area contributed by atoms with Gasteiger partial charge in [0.15, 0.2) is 0 Å². The van der Waals surface area contributed by atoms with Gasteiger partial charge in [-0.3, -0.25) is 0 Å². The Morgan fingerprint density at radius 2 is 0.573 bits per heavy atom. The molecule has 0 aliphatic heterocycles. The van der Waals surface area contributed by atoms with Gasteiger partial charge in [0.2, 0.25) is 0 Å². The molecule has 2 aliphatic carbocycles. The lowest BCUT2D eigenvalue weighted by Crippen LogP contribution is -2.27. The van der Waals surface area contributed by atoms with Crippen molar-refractivity contribution in [3.8, 4) is 57.4 Å². The number of fused-ring (bicyclic) bond motifs is 10. The van der Waals surface area contributed by atoms with Gasteiger partial charge in [0, 0.05) is 62.6 Å². The van der Waals surface area contributed by atoms with E-state index in [4.69, 9.17) is 37.9 Å². The lowest BCUT2D eigenvalue weighted by Gasteiger charge is -2.33. The summed E-state index contributed by atoms with van der Waals surface area (Å²) in [6.07, 6.45) is 0. The normalized spacial score (nSPS) is 12.2. The van der Waals surface area contributed by atoms with Gasteiger partial charge in [-0.15, -0.1) is 0 Å². The number of anilines is 6.